The van der Waals surface area contributed by atoms with Gasteiger partial charge in [-0.1, -0.05) is 12.1 Å². The van der Waals surface area contributed by atoms with E-state index in [1.807, 2.05) is 18.2 Å². The van der Waals surface area contributed by atoms with Crippen LogP contribution in [0.4, 0.5) is 0 Å². The first-order chi connectivity index (χ1) is 7.27. The van der Waals surface area contributed by atoms with Gasteiger partial charge in [-0.15, -0.1) is 0 Å². The maximum absolute atomic E-state index is 11.5. The van der Waals surface area contributed by atoms with Crippen LogP contribution in [-0.4, -0.2) is 12.5 Å². The van der Waals surface area contributed by atoms with E-state index in [0.29, 0.717) is 25.1 Å². The van der Waals surface area contributed by atoms with Gasteiger partial charge < -0.3 is 11.1 Å². The molecule has 0 saturated heterocycles. The van der Waals surface area contributed by atoms with Crippen LogP contribution in [0.3, 0.4) is 0 Å². The third kappa shape index (κ3) is 3.41. The highest BCUT2D eigenvalue weighted by Gasteiger charge is 2.03. The van der Waals surface area contributed by atoms with Crippen LogP contribution in [-0.2, 0) is 6.54 Å². The molecule has 0 unspecified atom stereocenters. The standard InChI is InChI=1S/C11H13N3O/c12-6-1-7-14-11(15)10-4-2-9(8-13)3-5-10/h2-5H,1,7-8,13H2,(H,14,15). The van der Waals surface area contributed by atoms with Gasteiger partial charge in [0.15, 0.2) is 0 Å². The second kappa shape index (κ2) is 5.78. The lowest BCUT2D eigenvalue weighted by atomic mass is 10.1. The Hall–Kier alpha value is -1.86. The first kappa shape index (κ1) is 11.2. The zero-order valence-corrected chi connectivity index (χ0v) is 8.36. The van der Waals surface area contributed by atoms with Crippen molar-refractivity contribution in [3.63, 3.8) is 0 Å². The monoisotopic (exact) mass is 203 g/mol. The van der Waals surface area contributed by atoms with E-state index in [2.05, 4.69) is 5.32 Å². The molecule has 0 saturated carbocycles. The molecule has 1 aromatic rings. The Morgan fingerprint density at radius 1 is 1.40 bits per heavy atom. The van der Waals surface area contributed by atoms with Gasteiger partial charge in [-0.2, -0.15) is 5.26 Å². The van der Waals surface area contributed by atoms with Crippen molar-refractivity contribution < 1.29 is 4.79 Å². The molecule has 0 bridgehead atoms. The number of hydrogen-bond acceptors (Lipinski definition) is 3. The van der Waals surface area contributed by atoms with Gasteiger partial charge in [0.1, 0.15) is 0 Å². The van der Waals surface area contributed by atoms with Gasteiger partial charge in [0.2, 0.25) is 0 Å². The minimum Gasteiger partial charge on any atom is -0.351 e. The summed E-state index contributed by atoms with van der Waals surface area (Å²) in [5.74, 6) is -0.158. The van der Waals surface area contributed by atoms with E-state index in [-0.39, 0.29) is 5.91 Å². The van der Waals surface area contributed by atoms with Gasteiger partial charge in [0.05, 0.1) is 12.5 Å². The van der Waals surface area contributed by atoms with Gasteiger partial charge in [0.25, 0.3) is 5.91 Å². The fourth-order valence-electron chi connectivity index (χ4n) is 1.13. The first-order valence-corrected chi connectivity index (χ1v) is 4.72. The minimum absolute atomic E-state index is 0.158. The molecule has 0 radical (unpaired) electrons. The van der Waals surface area contributed by atoms with E-state index < -0.39 is 0 Å². The van der Waals surface area contributed by atoms with Crippen molar-refractivity contribution in [3.05, 3.63) is 35.4 Å². The molecule has 0 fully saturated rings. The third-order valence-corrected chi connectivity index (χ3v) is 1.97. The zero-order valence-electron chi connectivity index (χ0n) is 8.36. The number of nitrogens with one attached hydrogen (secondary N) is 1. The third-order valence-electron chi connectivity index (χ3n) is 1.97. The summed E-state index contributed by atoms with van der Waals surface area (Å²) < 4.78 is 0. The summed E-state index contributed by atoms with van der Waals surface area (Å²) in [5, 5.41) is 10.9. The Morgan fingerprint density at radius 2 is 2.07 bits per heavy atom. The summed E-state index contributed by atoms with van der Waals surface area (Å²) in [7, 11) is 0. The predicted molar refractivity (Wildman–Crippen MR) is 56.9 cm³/mol. The summed E-state index contributed by atoms with van der Waals surface area (Å²) in [6, 6.07) is 9.05. The Labute approximate surface area is 88.7 Å². The van der Waals surface area contributed by atoms with Crippen molar-refractivity contribution in [2.45, 2.75) is 13.0 Å². The zero-order chi connectivity index (χ0) is 11.1. The van der Waals surface area contributed by atoms with Crippen molar-refractivity contribution in [2.75, 3.05) is 6.54 Å². The highest BCUT2D eigenvalue weighted by molar-refractivity contribution is 5.94. The van der Waals surface area contributed by atoms with Crippen molar-refractivity contribution in [3.8, 4) is 6.07 Å². The number of nitriles is 1. The Morgan fingerprint density at radius 3 is 2.60 bits per heavy atom. The van der Waals surface area contributed by atoms with Crippen LogP contribution in [0.2, 0.25) is 0 Å². The molecule has 0 aliphatic carbocycles. The Bertz CT molecular complexity index is 364. The van der Waals surface area contributed by atoms with Gasteiger partial charge in [-0.25, -0.2) is 0 Å². The van der Waals surface area contributed by atoms with E-state index in [1.54, 1.807) is 12.1 Å². The molecule has 0 heterocycles. The van der Waals surface area contributed by atoms with Crippen LogP contribution in [0.1, 0.15) is 22.3 Å². The molecule has 4 heteroatoms. The van der Waals surface area contributed by atoms with E-state index >= 15 is 0 Å². The number of hydrogen-bond donors (Lipinski definition) is 2. The molecule has 0 atom stereocenters. The van der Waals surface area contributed by atoms with Crippen LogP contribution in [0, 0.1) is 11.3 Å². The largest absolute Gasteiger partial charge is 0.351 e. The number of carbonyl (C=O) groups excluding carboxylic acids is 1. The normalized spacial score (nSPS) is 9.33. The van der Waals surface area contributed by atoms with Gasteiger partial charge in [-0.05, 0) is 17.7 Å². The maximum Gasteiger partial charge on any atom is 0.251 e. The molecule has 78 valence electrons. The van der Waals surface area contributed by atoms with E-state index in [9.17, 15) is 4.79 Å². The number of amides is 1. The molecule has 3 N–H and O–H groups in total. The average molecular weight is 203 g/mol. The number of rotatable bonds is 4. The van der Waals surface area contributed by atoms with Crippen LogP contribution in [0.15, 0.2) is 24.3 Å². The van der Waals surface area contributed by atoms with Crippen molar-refractivity contribution >= 4 is 5.91 Å². The molecule has 1 aromatic carbocycles. The number of carbonyl (C=O) groups is 1. The quantitative estimate of drug-likeness (QED) is 0.710. The molecule has 0 aliphatic heterocycles. The van der Waals surface area contributed by atoms with Gasteiger partial charge in [-0.3, -0.25) is 4.79 Å². The molecule has 0 spiro atoms. The highest BCUT2D eigenvalue weighted by Crippen LogP contribution is 2.03. The fourth-order valence-corrected chi connectivity index (χ4v) is 1.13. The van der Waals surface area contributed by atoms with Gasteiger partial charge >= 0.3 is 0 Å². The minimum atomic E-state index is -0.158. The molecule has 1 rings (SSSR count). The Kier molecular flexibility index (Phi) is 4.32. The summed E-state index contributed by atoms with van der Waals surface area (Å²) >= 11 is 0. The van der Waals surface area contributed by atoms with Crippen LogP contribution in [0.5, 0.6) is 0 Å². The first-order valence-electron chi connectivity index (χ1n) is 4.72. The van der Waals surface area contributed by atoms with Crippen LogP contribution < -0.4 is 11.1 Å². The lowest BCUT2D eigenvalue weighted by Gasteiger charge is -2.03. The maximum atomic E-state index is 11.5. The molecular weight excluding hydrogens is 190 g/mol. The molecule has 4 nitrogen and oxygen atoms in total. The van der Waals surface area contributed by atoms with Crippen molar-refractivity contribution in [2.24, 2.45) is 5.73 Å². The second-order valence-corrected chi connectivity index (χ2v) is 3.07. The number of nitrogens with zero attached hydrogens (tertiary/aromatic N) is 1. The fraction of sp³-hybridized carbons (Fsp3) is 0.273. The highest BCUT2D eigenvalue weighted by atomic mass is 16.1. The van der Waals surface area contributed by atoms with Crippen molar-refractivity contribution in [1.82, 2.24) is 5.32 Å². The number of benzene rings is 1. The summed E-state index contributed by atoms with van der Waals surface area (Å²) in [6.07, 6.45) is 0.326. The van der Waals surface area contributed by atoms with E-state index in [4.69, 9.17) is 11.0 Å². The van der Waals surface area contributed by atoms with E-state index in [0.717, 1.165) is 5.56 Å². The molecular formula is C11H13N3O. The lowest BCUT2D eigenvalue weighted by Crippen LogP contribution is -2.24. The molecule has 0 aromatic heterocycles. The summed E-state index contributed by atoms with van der Waals surface area (Å²) in [6.45, 7) is 0.851. The molecule has 1 amide bonds. The second-order valence-electron chi connectivity index (χ2n) is 3.07. The molecule has 15 heavy (non-hydrogen) atoms. The SMILES string of the molecule is N#CCCNC(=O)c1ccc(CN)cc1. The van der Waals surface area contributed by atoms with Gasteiger partial charge in [0, 0.05) is 18.7 Å². The topological polar surface area (TPSA) is 78.9 Å². The smallest absolute Gasteiger partial charge is 0.251 e. The Balaban J connectivity index is 2.55. The van der Waals surface area contributed by atoms with Crippen LogP contribution >= 0.6 is 0 Å². The van der Waals surface area contributed by atoms with E-state index in [1.165, 1.54) is 0 Å². The summed E-state index contributed by atoms with van der Waals surface area (Å²) in [5.41, 5.74) is 7.02. The molecule has 0 aliphatic rings. The summed E-state index contributed by atoms with van der Waals surface area (Å²) in [4.78, 5) is 11.5. The van der Waals surface area contributed by atoms with Crippen molar-refractivity contribution in [1.29, 1.82) is 5.26 Å². The average Bonchev–Trinajstić information content (AvgIpc) is 2.29. The number of nitrogens with two attached hydrogens (primary N) is 1. The lowest BCUT2D eigenvalue weighted by molar-refractivity contribution is 0.0954. The van der Waals surface area contributed by atoms with Crippen LogP contribution in [0.25, 0.3) is 0 Å². The predicted octanol–water partition coefficient (Wildman–Crippen LogP) is 0.789.